The quantitative estimate of drug-likeness (QED) is 0.850. The fraction of sp³-hybridized carbons (Fsp3) is 0.250. The van der Waals surface area contributed by atoms with Crippen LogP contribution in [0.1, 0.15) is 5.56 Å². The van der Waals surface area contributed by atoms with Gasteiger partial charge in [0.1, 0.15) is 5.75 Å². The number of para-hydroxylation sites is 1. The summed E-state index contributed by atoms with van der Waals surface area (Å²) in [6, 6.07) is 8.54. The largest absolute Gasteiger partial charge is 0.425 e. The van der Waals surface area contributed by atoms with Crippen molar-refractivity contribution in [3.05, 3.63) is 42.2 Å². The Balaban J connectivity index is 2.24. The minimum Gasteiger partial charge on any atom is -0.425 e. The van der Waals surface area contributed by atoms with Crippen molar-refractivity contribution in [1.29, 1.82) is 0 Å². The molecule has 0 saturated carbocycles. The molecule has 0 spiro atoms. The second kappa shape index (κ2) is 4.81. The molecule has 0 aliphatic carbocycles. The summed E-state index contributed by atoms with van der Waals surface area (Å²) in [7, 11) is 3.82. The standard InChI is InChI=1S/C12H15N3O/c1-13-9-10-5-3-4-6-11(10)16-12-14-7-8-15(12)2/h3-8,13H,9H2,1-2H3. The number of imidazole rings is 1. The molecule has 16 heavy (non-hydrogen) atoms. The molecular formula is C12H15N3O. The molecule has 0 saturated heterocycles. The maximum Gasteiger partial charge on any atom is 0.301 e. The summed E-state index contributed by atoms with van der Waals surface area (Å²) in [4.78, 5) is 4.13. The monoisotopic (exact) mass is 217 g/mol. The van der Waals surface area contributed by atoms with Gasteiger partial charge >= 0.3 is 6.01 Å². The first-order valence-electron chi connectivity index (χ1n) is 5.19. The van der Waals surface area contributed by atoms with Gasteiger partial charge in [-0.15, -0.1) is 0 Å². The van der Waals surface area contributed by atoms with Gasteiger partial charge in [-0.3, -0.25) is 0 Å². The Morgan fingerprint density at radius 1 is 1.38 bits per heavy atom. The molecular weight excluding hydrogens is 202 g/mol. The van der Waals surface area contributed by atoms with Crippen LogP contribution < -0.4 is 10.1 Å². The summed E-state index contributed by atoms with van der Waals surface area (Å²) in [6.07, 6.45) is 3.58. The molecule has 0 aliphatic heterocycles. The second-order valence-corrected chi connectivity index (χ2v) is 3.56. The van der Waals surface area contributed by atoms with Gasteiger partial charge in [0.25, 0.3) is 0 Å². The fourth-order valence-electron chi connectivity index (χ4n) is 1.49. The summed E-state index contributed by atoms with van der Waals surface area (Å²) in [6.45, 7) is 0.778. The first-order chi connectivity index (χ1) is 7.81. The highest BCUT2D eigenvalue weighted by Crippen LogP contribution is 2.23. The molecule has 1 heterocycles. The van der Waals surface area contributed by atoms with Gasteiger partial charge in [-0.05, 0) is 13.1 Å². The summed E-state index contributed by atoms with van der Waals surface area (Å²) in [5.74, 6) is 0.839. The Kier molecular flexibility index (Phi) is 3.22. The predicted molar refractivity (Wildman–Crippen MR) is 62.5 cm³/mol. The van der Waals surface area contributed by atoms with Crippen LogP contribution in [0.15, 0.2) is 36.7 Å². The van der Waals surface area contributed by atoms with Crippen molar-refractivity contribution in [2.75, 3.05) is 7.05 Å². The van der Waals surface area contributed by atoms with E-state index in [9.17, 15) is 0 Å². The minimum absolute atomic E-state index is 0.601. The highest BCUT2D eigenvalue weighted by atomic mass is 16.5. The average molecular weight is 217 g/mol. The van der Waals surface area contributed by atoms with Crippen molar-refractivity contribution in [1.82, 2.24) is 14.9 Å². The van der Waals surface area contributed by atoms with Crippen LogP contribution in [0.2, 0.25) is 0 Å². The number of rotatable bonds is 4. The van der Waals surface area contributed by atoms with Crippen molar-refractivity contribution >= 4 is 0 Å². The number of ether oxygens (including phenoxy) is 1. The Morgan fingerprint density at radius 2 is 2.19 bits per heavy atom. The van der Waals surface area contributed by atoms with E-state index in [-0.39, 0.29) is 0 Å². The van der Waals surface area contributed by atoms with Crippen LogP contribution in [0.4, 0.5) is 0 Å². The molecule has 0 unspecified atom stereocenters. The molecule has 1 aromatic carbocycles. The van der Waals surface area contributed by atoms with E-state index in [2.05, 4.69) is 10.3 Å². The van der Waals surface area contributed by atoms with Gasteiger partial charge in [-0.25, -0.2) is 4.98 Å². The third-order valence-corrected chi connectivity index (χ3v) is 2.32. The first kappa shape index (κ1) is 10.7. The van der Waals surface area contributed by atoms with Crippen LogP contribution in [0.25, 0.3) is 0 Å². The zero-order chi connectivity index (χ0) is 11.4. The van der Waals surface area contributed by atoms with Crippen molar-refractivity contribution in [2.24, 2.45) is 7.05 Å². The van der Waals surface area contributed by atoms with E-state index in [4.69, 9.17) is 4.74 Å². The number of nitrogens with zero attached hydrogens (tertiary/aromatic N) is 2. The molecule has 1 aromatic heterocycles. The number of hydrogen-bond acceptors (Lipinski definition) is 3. The van der Waals surface area contributed by atoms with Crippen LogP contribution in [-0.4, -0.2) is 16.6 Å². The van der Waals surface area contributed by atoms with Gasteiger partial charge in [0.15, 0.2) is 0 Å². The number of aromatic nitrogens is 2. The highest BCUT2D eigenvalue weighted by Gasteiger charge is 2.06. The third kappa shape index (κ3) is 2.23. The van der Waals surface area contributed by atoms with Crippen molar-refractivity contribution in [3.63, 3.8) is 0 Å². The van der Waals surface area contributed by atoms with Crippen LogP contribution in [0.5, 0.6) is 11.8 Å². The number of aryl methyl sites for hydroxylation is 1. The zero-order valence-electron chi connectivity index (χ0n) is 9.47. The summed E-state index contributed by atoms with van der Waals surface area (Å²) < 4.78 is 7.59. The smallest absolute Gasteiger partial charge is 0.301 e. The van der Waals surface area contributed by atoms with Gasteiger partial charge in [0.2, 0.25) is 0 Å². The number of hydrogen-bond donors (Lipinski definition) is 1. The van der Waals surface area contributed by atoms with E-state index >= 15 is 0 Å². The van der Waals surface area contributed by atoms with E-state index < -0.39 is 0 Å². The molecule has 0 aliphatic rings. The average Bonchev–Trinajstić information content (AvgIpc) is 2.68. The summed E-state index contributed by atoms with van der Waals surface area (Å²) in [5.41, 5.74) is 1.12. The molecule has 0 fully saturated rings. The van der Waals surface area contributed by atoms with E-state index in [0.717, 1.165) is 17.9 Å². The van der Waals surface area contributed by atoms with E-state index in [1.165, 1.54) is 0 Å². The van der Waals surface area contributed by atoms with E-state index in [1.807, 2.05) is 49.1 Å². The molecule has 0 atom stereocenters. The van der Waals surface area contributed by atoms with Gasteiger partial charge in [-0.1, -0.05) is 18.2 Å². The molecule has 0 bridgehead atoms. The molecule has 0 radical (unpaired) electrons. The van der Waals surface area contributed by atoms with Crippen molar-refractivity contribution in [2.45, 2.75) is 6.54 Å². The normalized spacial score (nSPS) is 10.4. The zero-order valence-corrected chi connectivity index (χ0v) is 9.47. The molecule has 1 N–H and O–H groups in total. The topological polar surface area (TPSA) is 39.1 Å². The SMILES string of the molecule is CNCc1ccccc1Oc1nccn1C. The van der Waals surface area contributed by atoms with Gasteiger partial charge < -0.3 is 14.6 Å². The summed E-state index contributed by atoms with van der Waals surface area (Å²) in [5, 5.41) is 3.11. The molecule has 84 valence electrons. The third-order valence-electron chi connectivity index (χ3n) is 2.32. The van der Waals surface area contributed by atoms with Gasteiger partial charge in [-0.2, -0.15) is 0 Å². The molecule has 2 aromatic rings. The lowest BCUT2D eigenvalue weighted by Crippen LogP contribution is -2.06. The molecule has 4 nitrogen and oxygen atoms in total. The van der Waals surface area contributed by atoms with Gasteiger partial charge in [0, 0.05) is 31.5 Å². The molecule has 2 rings (SSSR count). The Bertz CT molecular complexity index is 465. The predicted octanol–water partition coefficient (Wildman–Crippen LogP) is 1.93. The van der Waals surface area contributed by atoms with E-state index in [0.29, 0.717) is 6.01 Å². The second-order valence-electron chi connectivity index (χ2n) is 3.56. The Labute approximate surface area is 94.9 Å². The van der Waals surface area contributed by atoms with Gasteiger partial charge in [0.05, 0.1) is 0 Å². The van der Waals surface area contributed by atoms with Crippen LogP contribution in [0.3, 0.4) is 0 Å². The maximum absolute atomic E-state index is 5.74. The van der Waals surface area contributed by atoms with Crippen LogP contribution >= 0.6 is 0 Å². The Morgan fingerprint density at radius 3 is 2.88 bits per heavy atom. The number of nitrogens with one attached hydrogen (secondary N) is 1. The van der Waals surface area contributed by atoms with E-state index in [1.54, 1.807) is 6.20 Å². The fourth-order valence-corrected chi connectivity index (χ4v) is 1.49. The highest BCUT2D eigenvalue weighted by molar-refractivity contribution is 5.35. The molecule has 4 heteroatoms. The van der Waals surface area contributed by atoms with Crippen LogP contribution in [0, 0.1) is 0 Å². The summed E-state index contributed by atoms with van der Waals surface area (Å²) >= 11 is 0. The lowest BCUT2D eigenvalue weighted by atomic mass is 10.2. The minimum atomic E-state index is 0.601. The molecule has 0 amide bonds. The maximum atomic E-state index is 5.74. The number of benzene rings is 1. The van der Waals surface area contributed by atoms with Crippen LogP contribution in [-0.2, 0) is 13.6 Å². The van der Waals surface area contributed by atoms with Crippen molar-refractivity contribution < 1.29 is 4.74 Å². The first-order valence-corrected chi connectivity index (χ1v) is 5.19. The van der Waals surface area contributed by atoms with Crippen molar-refractivity contribution in [3.8, 4) is 11.8 Å². The lowest BCUT2D eigenvalue weighted by Gasteiger charge is -2.09. The Hall–Kier alpha value is -1.81. The lowest BCUT2D eigenvalue weighted by molar-refractivity contribution is 0.419.